The van der Waals surface area contributed by atoms with Gasteiger partial charge in [0.2, 0.25) is 0 Å². The maximum Gasteiger partial charge on any atom is 0.0779 e. The zero-order chi connectivity index (χ0) is 13.2. The van der Waals surface area contributed by atoms with Crippen LogP contribution in [0.4, 0.5) is 5.69 Å². The second kappa shape index (κ2) is 5.51. The molecule has 0 bridgehead atoms. The molecule has 3 rings (SSSR count). The van der Waals surface area contributed by atoms with Gasteiger partial charge in [0.05, 0.1) is 18.8 Å². The molecule has 1 aromatic carbocycles. The van der Waals surface area contributed by atoms with E-state index in [1.807, 2.05) is 0 Å². The molecule has 2 atom stereocenters. The van der Waals surface area contributed by atoms with Crippen molar-refractivity contribution in [1.29, 1.82) is 0 Å². The number of anilines is 1. The van der Waals surface area contributed by atoms with Gasteiger partial charge in [-0.2, -0.15) is 0 Å². The molecule has 1 aromatic rings. The molecular formula is C16H24N2O. The SMILES string of the molecule is Cc1ccc(N2CCOC3CCCC32)c(CCN)c1. The fraction of sp³-hybridized carbons (Fsp3) is 0.625. The monoisotopic (exact) mass is 260 g/mol. The van der Waals surface area contributed by atoms with E-state index in [9.17, 15) is 0 Å². The molecule has 1 aliphatic carbocycles. The molecule has 1 saturated carbocycles. The molecule has 104 valence electrons. The predicted octanol–water partition coefficient (Wildman–Crippen LogP) is 2.25. The normalized spacial score (nSPS) is 26.5. The summed E-state index contributed by atoms with van der Waals surface area (Å²) in [7, 11) is 0. The van der Waals surface area contributed by atoms with Crippen molar-refractivity contribution in [2.24, 2.45) is 5.73 Å². The number of hydrogen-bond acceptors (Lipinski definition) is 3. The van der Waals surface area contributed by atoms with Crippen LogP contribution in [0.1, 0.15) is 30.4 Å². The Morgan fingerprint density at radius 2 is 2.26 bits per heavy atom. The summed E-state index contributed by atoms with van der Waals surface area (Å²) >= 11 is 0. The summed E-state index contributed by atoms with van der Waals surface area (Å²) in [6.07, 6.45) is 5.19. The van der Waals surface area contributed by atoms with E-state index >= 15 is 0 Å². The van der Waals surface area contributed by atoms with Gasteiger partial charge in [0.1, 0.15) is 0 Å². The topological polar surface area (TPSA) is 38.5 Å². The average Bonchev–Trinajstić information content (AvgIpc) is 2.88. The van der Waals surface area contributed by atoms with E-state index in [4.69, 9.17) is 10.5 Å². The lowest BCUT2D eigenvalue weighted by molar-refractivity contribution is 0.0256. The molecule has 0 aromatic heterocycles. The van der Waals surface area contributed by atoms with Crippen molar-refractivity contribution in [2.75, 3.05) is 24.6 Å². The van der Waals surface area contributed by atoms with Crippen molar-refractivity contribution in [3.63, 3.8) is 0 Å². The Bertz CT molecular complexity index is 446. The average molecular weight is 260 g/mol. The summed E-state index contributed by atoms with van der Waals surface area (Å²) in [6, 6.07) is 7.37. The minimum Gasteiger partial charge on any atom is -0.374 e. The molecule has 2 fully saturated rings. The van der Waals surface area contributed by atoms with Crippen LogP contribution < -0.4 is 10.6 Å². The third-order valence-electron chi connectivity index (χ3n) is 4.44. The summed E-state index contributed by atoms with van der Waals surface area (Å²) < 4.78 is 5.91. The summed E-state index contributed by atoms with van der Waals surface area (Å²) in [5.41, 5.74) is 9.88. The Hall–Kier alpha value is -1.06. The Labute approximate surface area is 115 Å². The Balaban J connectivity index is 1.91. The number of rotatable bonds is 3. The lowest BCUT2D eigenvalue weighted by Crippen LogP contribution is -2.49. The van der Waals surface area contributed by atoms with Gasteiger partial charge in [-0.1, -0.05) is 17.7 Å². The highest BCUT2D eigenvalue weighted by molar-refractivity contribution is 5.56. The van der Waals surface area contributed by atoms with Crippen LogP contribution in [0, 0.1) is 6.92 Å². The molecule has 2 unspecified atom stereocenters. The first kappa shape index (κ1) is 12.9. The van der Waals surface area contributed by atoms with E-state index in [1.54, 1.807) is 0 Å². The van der Waals surface area contributed by atoms with Crippen molar-refractivity contribution in [1.82, 2.24) is 0 Å². The van der Waals surface area contributed by atoms with Gasteiger partial charge < -0.3 is 15.4 Å². The van der Waals surface area contributed by atoms with Crippen LogP contribution >= 0.6 is 0 Å². The number of benzene rings is 1. The van der Waals surface area contributed by atoms with Gasteiger partial charge in [-0.25, -0.2) is 0 Å². The minimum absolute atomic E-state index is 0.445. The van der Waals surface area contributed by atoms with Crippen LogP contribution in [0.15, 0.2) is 18.2 Å². The number of hydrogen-bond donors (Lipinski definition) is 1. The molecular weight excluding hydrogens is 236 g/mol. The first-order chi connectivity index (χ1) is 9.29. The van der Waals surface area contributed by atoms with Crippen molar-refractivity contribution in [3.8, 4) is 0 Å². The van der Waals surface area contributed by atoms with Gasteiger partial charge in [-0.15, -0.1) is 0 Å². The maximum absolute atomic E-state index is 5.91. The molecule has 1 heterocycles. The highest BCUT2D eigenvalue weighted by Crippen LogP contribution is 2.35. The first-order valence-electron chi connectivity index (χ1n) is 7.47. The zero-order valence-corrected chi connectivity index (χ0v) is 11.8. The van der Waals surface area contributed by atoms with Crippen LogP contribution in [-0.4, -0.2) is 31.8 Å². The minimum atomic E-state index is 0.445. The van der Waals surface area contributed by atoms with E-state index in [2.05, 4.69) is 30.0 Å². The predicted molar refractivity (Wildman–Crippen MR) is 78.7 cm³/mol. The fourth-order valence-corrected chi connectivity index (χ4v) is 3.57. The number of aryl methyl sites for hydroxylation is 1. The third-order valence-corrected chi connectivity index (χ3v) is 4.44. The summed E-state index contributed by atoms with van der Waals surface area (Å²) in [5.74, 6) is 0. The van der Waals surface area contributed by atoms with Gasteiger partial charge in [-0.3, -0.25) is 0 Å². The van der Waals surface area contributed by atoms with E-state index < -0.39 is 0 Å². The fourth-order valence-electron chi connectivity index (χ4n) is 3.57. The molecule has 19 heavy (non-hydrogen) atoms. The highest BCUT2D eigenvalue weighted by Gasteiger charge is 2.36. The van der Waals surface area contributed by atoms with Gasteiger partial charge in [0.25, 0.3) is 0 Å². The number of fused-ring (bicyclic) bond motifs is 1. The second-order valence-corrected chi connectivity index (χ2v) is 5.77. The number of nitrogens with two attached hydrogens (primary N) is 1. The summed E-state index contributed by atoms with van der Waals surface area (Å²) in [6.45, 7) is 4.75. The molecule has 2 aliphatic rings. The van der Waals surface area contributed by atoms with Crippen molar-refractivity contribution in [2.45, 2.75) is 44.8 Å². The second-order valence-electron chi connectivity index (χ2n) is 5.77. The van der Waals surface area contributed by atoms with Crippen LogP contribution in [0.3, 0.4) is 0 Å². The number of morpholine rings is 1. The van der Waals surface area contributed by atoms with Crippen molar-refractivity contribution < 1.29 is 4.74 Å². The summed E-state index contributed by atoms with van der Waals surface area (Å²) in [4.78, 5) is 2.58. The van der Waals surface area contributed by atoms with Gasteiger partial charge >= 0.3 is 0 Å². The number of nitrogens with zero attached hydrogens (tertiary/aromatic N) is 1. The van der Waals surface area contributed by atoms with E-state index in [1.165, 1.54) is 36.1 Å². The smallest absolute Gasteiger partial charge is 0.0779 e. The highest BCUT2D eigenvalue weighted by atomic mass is 16.5. The molecule has 1 saturated heterocycles. The quantitative estimate of drug-likeness (QED) is 0.906. The first-order valence-corrected chi connectivity index (χ1v) is 7.47. The Kier molecular flexibility index (Phi) is 3.76. The largest absolute Gasteiger partial charge is 0.374 e. The van der Waals surface area contributed by atoms with Crippen molar-refractivity contribution in [3.05, 3.63) is 29.3 Å². The standard InChI is InChI=1S/C16H24N2O/c1-12-5-6-14(13(11-12)7-8-17)18-9-10-19-16-4-2-3-15(16)18/h5-6,11,15-16H,2-4,7-10,17H2,1H3. The van der Waals surface area contributed by atoms with Crippen LogP contribution in [0.5, 0.6) is 0 Å². The van der Waals surface area contributed by atoms with Crippen molar-refractivity contribution >= 4 is 5.69 Å². The van der Waals surface area contributed by atoms with Gasteiger partial charge in [0.15, 0.2) is 0 Å². The maximum atomic E-state index is 5.91. The molecule has 0 amide bonds. The molecule has 0 spiro atoms. The number of ether oxygens (including phenoxy) is 1. The molecule has 3 heteroatoms. The molecule has 3 nitrogen and oxygen atoms in total. The van der Waals surface area contributed by atoms with Crippen LogP contribution in [0.2, 0.25) is 0 Å². The lowest BCUT2D eigenvalue weighted by atomic mass is 10.0. The Morgan fingerprint density at radius 3 is 3.11 bits per heavy atom. The third kappa shape index (κ3) is 2.49. The van der Waals surface area contributed by atoms with E-state index in [-0.39, 0.29) is 0 Å². The zero-order valence-electron chi connectivity index (χ0n) is 11.8. The van der Waals surface area contributed by atoms with Crippen LogP contribution in [0.25, 0.3) is 0 Å². The lowest BCUT2D eigenvalue weighted by Gasteiger charge is -2.40. The Morgan fingerprint density at radius 1 is 1.37 bits per heavy atom. The van der Waals surface area contributed by atoms with Gasteiger partial charge in [0, 0.05) is 12.2 Å². The molecule has 2 N–H and O–H groups in total. The summed E-state index contributed by atoms with van der Waals surface area (Å²) in [5, 5.41) is 0. The van der Waals surface area contributed by atoms with E-state index in [0.29, 0.717) is 12.1 Å². The molecule has 1 aliphatic heterocycles. The van der Waals surface area contributed by atoms with E-state index in [0.717, 1.165) is 26.1 Å². The molecule has 0 radical (unpaired) electrons. The van der Waals surface area contributed by atoms with Gasteiger partial charge in [-0.05, 0) is 50.8 Å². The van der Waals surface area contributed by atoms with Crippen LogP contribution in [-0.2, 0) is 11.2 Å².